The lowest BCUT2D eigenvalue weighted by molar-refractivity contribution is -0.122. The maximum atomic E-state index is 6.15. The number of amidine groups is 1. The summed E-state index contributed by atoms with van der Waals surface area (Å²) in [5, 5.41) is 5.85. The smallest absolute Gasteiger partial charge is 0.118 e. The number of hydrazine groups is 1. The zero-order valence-electron chi connectivity index (χ0n) is 23.1. The van der Waals surface area contributed by atoms with Gasteiger partial charge in [0.25, 0.3) is 0 Å². The van der Waals surface area contributed by atoms with E-state index in [1.165, 1.54) is 70.6 Å². The summed E-state index contributed by atoms with van der Waals surface area (Å²) < 4.78 is 0. The molecule has 9 atom stereocenters. The van der Waals surface area contributed by atoms with Gasteiger partial charge >= 0.3 is 0 Å². The molecule has 9 unspecified atom stereocenters. The van der Waals surface area contributed by atoms with Crippen molar-refractivity contribution in [3.05, 3.63) is 0 Å². The van der Waals surface area contributed by atoms with E-state index in [0.717, 1.165) is 42.1 Å². The minimum atomic E-state index is 0.492. The van der Waals surface area contributed by atoms with Crippen LogP contribution in [0.15, 0.2) is 5.10 Å². The van der Waals surface area contributed by atoms with Crippen LogP contribution in [0.1, 0.15) is 119 Å². The second-order valence-electron chi connectivity index (χ2n) is 12.7. The molecule has 0 aromatic heterocycles. The van der Waals surface area contributed by atoms with E-state index in [0.29, 0.717) is 22.6 Å². The monoisotopic (exact) mass is 460 g/mol. The first-order chi connectivity index (χ1) is 15.7. The summed E-state index contributed by atoms with van der Waals surface area (Å²) in [4.78, 5) is 0. The van der Waals surface area contributed by atoms with Crippen molar-refractivity contribution in [3.8, 4) is 0 Å². The number of nitrogens with zero attached hydrogens (tertiary/aromatic N) is 2. The van der Waals surface area contributed by atoms with Crippen molar-refractivity contribution in [1.29, 1.82) is 0 Å². The van der Waals surface area contributed by atoms with E-state index >= 15 is 0 Å². The zero-order chi connectivity index (χ0) is 24.4. The van der Waals surface area contributed by atoms with Gasteiger partial charge in [-0.2, -0.15) is 0 Å². The highest BCUT2D eigenvalue weighted by Crippen LogP contribution is 2.68. The quantitative estimate of drug-likeness (QED) is 0.191. The molecule has 4 heteroatoms. The molecule has 4 nitrogen and oxygen atoms in total. The Hall–Kier alpha value is -0.770. The Morgan fingerprint density at radius 1 is 1.00 bits per heavy atom. The minimum absolute atomic E-state index is 0.492. The molecule has 4 fully saturated rings. The Labute approximate surface area is 205 Å². The van der Waals surface area contributed by atoms with Crippen LogP contribution in [-0.2, 0) is 0 Å². The average Bonchev–Trinajstić information content (AvgIpc) is 3.12. The van der Waals surface area contributed by atoms with E-state index in [2.05, 4.69) is 32.8 Å². The van der Waals surface area contributed by atoms with Crippen LogP contribution in [0.2, 0.25) is 0 Å². The predicted molar refractivity (Wildman–Crippen MR) is 142 cm³/mol. The van der Waals surface area contributed by atoms with Crippen LogP contribution >= 0.6 is 0 Å². The molecule has 4 N–H and O–H groups in total. The summed E-state index contributed by atoms with van der Waals surface area (Å²) >= 11 is 0. The van der Waals surface area contributed by atoms with Gasteiger partial charge in [-0.25, -0.2) is 11.0 Å². The molecule has 0 radical (unpaired) electrons. The van der Waals surface area contributed by atoms with Crippen molar-refractivity contribution in [2.45, 2.75) is 119 Å². The molecule has 0 spiro atoms. The third kappa shape index (κ3) is 5.11. The molecular formula is C29H56N4. The van der Waals surface area contributed by atoms with Gasteiger partial charge in [0.15, 0.2) is 0 Å². The second kappa shape index (κ2) is 10.9. The fourth-order valence-corrected chi connectivity index (χ4v) is 9.66. The molecule has 4 rings (SSSR count). The Balaban J connectivity index is 0.00000149. The topological polar surface area (TPSA) is 67.6 Å². The van der Waals surface area contributed by atoms with Crippen molar-refractivity contribution < 1.29 is 0 Å². The first kappa shape index (κ1) is 26.8. The van der Waals surface area contributed by atoms with Gasteiger partial charge in [0.2, 0.25) is 0 Å². The number of rotatable bonds is 6. The SMILES string of the molecule is CC.CCCC1CCC2(C)C(CCC3C2CCC2(C)C(C(C)CN(N)/N=C(/C)N)CCC32)C1. The van der Waals surface area contributed by atoms with E-state index in [1.807, 2.05) is 20.8 Å². The highest BCUT2D eigenvalue weighted by Gasteiger charge is 2.60. The van der Waals surface area contributed by atoms with Gasteiger partial charge in [0.05, 0.1) is 6.54 Å². The normalized spacial score (nSPS) is 43.5. The molecule has 0 heterocycles. The van der Waals surface area contributed by atoms with E-state index < -0.39 is 0 Å². The summed E-state index contributed by atoms with van der Waals surface area (Å²) in [6, 6.07) is 0. The van der Waals surface area contributed by atoms with Crippen molar-refractivity contribution in [1.82, 2.24) is 5.12 Å². The van der Waals surface area contributed by atoms with Gasteiger partial charge < -0.3 is 5.73 Å². The molecule has 0 aliphatic heterocycles. The highest BCUT2D eigenvalue weighted by atomic mass is 15.6. The van der Waals surface area contributed by atoms with Gasteiger partial charge in [-0.05, 0) is 117 Å². The fourth-order valence-electron chi connectivity index (χ4n) is 9.66. The van der Waals surface area contributed by atoms with Gasteiger partial charge in [0, 0.05) is 0 Å². The molecule has 33 heavy (non-hydrogen) atoms. The number of hydrogen-bond acceptors (Lipinski definition) is 3. The number of hydrogen-bond donors (Lipinski definition) is 2. The lowest BCUT2D eigenvalue weighted by Gasteiger charge is -2.61. The summed E-state index contributed by atoms with van der Waals surface area (Å²) in [6.45, 7) is 16.8. The predicted octanol–water partition coefficient (Wildman–Crippen LogP) is 7.19. The summed E-state index contributed by atoms with van der Waals surface area (Å²) in [6.07, 6.45) is 16.1. The summed E-state index contributed by atoms with van der Waals surface area (Å²) in [5.41, 5.74) is 6.86. The minimum Gasteiger partial charge on any atom is -0.386 e. The van der Waals surface area contributed by atoms with Crippen molar-refractivity contribution >= 4 is 5.84 Å². The maximum absolute atomic E-state index is 6.15. The lowest BCUT2D eigenvalue weighted by atomic mass is 9.44. The van der Waals surface area contributed by atoms with Gasteiger partial charge in [-0.15, -0.1) is 5.10 Å². The Kier molecular flexibility index (Phi) is 8.84. The third-order valence-corrected chi connectivity index (χ3v) is 11.0. The van der Waals surface area contributed by atoms with Crippen LogP contribution in [0.5, 0.6) is 0 Å². The van der Waals surface area contributed by atoms with Crippen LogP contribution in [-0.4, -0.2) is 17.5 Å². The third-order valence-electron chi connectivity index (χ3n) is 11.0. The van der Waals surface area contributed by atoms with E-state index in [9.17, 15) is 0 Å². The molecule has 0 aromatic carbocycles. The number of nitrogens with two attached hydrogens (primary N) is 2. The van der Waals surface area contributed by atoms with Crippen molar-refractivity contribution in [2.24, 2.45) is 68.9 Å². The molecule has 0 saturated heterocycles. The van der Waals surface area contributed by atoms with Crippen LogP contribution in [0.4, 0.5) is 0 Å². The number of fused-ring (bicyclic) bond motifs is 5. The first-order valence-electron chi connectivity index (χ1n) is 14.5. The van der Waals surface area contributed by atoms with Crippen molar-refractivity contribution in [2.75, 3.05) is 6.54 Å². The molecule has 192 valence electrons. The molecule has 0 bridgehead atoms. The summed E-state index contributed by atoms with van der Waals surface area (Å²) in [7, 11) is 0. The van der Waals surface area contributed by atoms with Crippen LogP contribution in [0.3, 0.4) is 0 Å². The Bertz CT molecular complexity index is 658. The van der Waals surface area contributed by atoms with E-state index in [-0.39, 0.29) is 0 Å². The van der Waals surface area contributed by atoms with E-state index in [4.69, 9.17) is 11.6 Å². The van der Waals surface area contributed by atoms with Crippen molar-refractivity contribution in [3.63, 3.8) is 0 Å². The number of hydrazone groups is 1. The van der Waals surface area contributed by atoms with E-state index in [1.54, 1.807) is 5.12 Å². The molecule has 0 aromatic rings. The molecule has 0 amide bonds. The molecule has 4 saturated carbocycles. The fraction of sp³-hybridized carbons (Fsp3) is 0.966. The molecular weight excluding hydrogens is 404 g/mol. The lowest BCUT2D eigenvalue weighted by Crippen LogP contribution is -2.54. The Morgan fingerprint density at radius 2 is 1.67 bits per heavy atom. The van der Waals surface area contributed by atoms with Gasteiger partial charge in [-0.1, -0.05) is 54.4 Å². The first-order valence-corrected chi connectivity index (χ1v) is 14.5. The largest absolute Gasteiger partial charge is 0.386 e. The van der Waals surface area contributed by atoms with Crippen LogP contribution in [0.25, 0.3) is 0 Å². The summed E-state index contributed by atoms with van der Waals surface area (Å²) in [5.74, 6) is 12.9. The second-order valence-corrected chi connectivity index (χ2v) is 12.7. The zero-order valence-corrected chi connectivity index (χ0v) is 23.1. The molecule has 4 aliphatic rings. The Morgan fingerprint density at radius 3 is 2.33 bits per heavy atom. The van der Waals surface area contributed by atoms with Crippen LogP contribution in [0, 0.1) is 52.3 Å². The maximum Gasteiger partial charge on any atom is 0.118 e. The average molecular weight is 461 g/mol. The van der Waals surface area contributed by atoms with Gasteiger partial charge in [0.1, 0.15) is 5.84 Å². The highest BCUT2D eigenvalue weighted by molar-refractivity contribution is 5.77. The van der Waals surface area contributed by atoms with Gasteiger partial charge in [-0.3, -0.25) is 0 Å². The van der Waals surface area contributed by atoms with Crippen LogP contribution < -0.4 is 11.6 Å². The molecule has 4 aliphatic carbocycles. The standard InChI is InChI=1S/C27H50N4.C2H6/c1-6-7-20-12-14-26(4)21(16-20)8-9-22-24-11-10-23(27(24,5)15-13-25(22)26)18(2)17-31(29)30-19(3)28;1-2/h18,20-25H,6-17,29H2,1-5H3,(H2,28,30);1-2H3.